The molecular weight excluding hydrogens is 1010 g/mol. The molecule has 0 aliphatic heterocycles. The third kappa shape index (κ3) is 9.06. The number of nitrogens with zero attached hydrogens (tertiary/aromatic N) is 4. The summed E-state index contributed by atoms with van der Waals surface area (Å²) in [6.45, 7) is 13.0. The number of hydrogen-bond acceptors (Lipinski definition) is 4. The van der Waals surface area contributed by atoms with E-state index >= 15 is 0 Å². The van der Waals surface area contributed by atoms with E-state index in [1.165, 1.54) is 110 Å². The first kappa shape index (κ1) is 52.2. The summed E-state index contributed by atoms with van der Waals surface area (Å²) in [4.78, 5) is 15.3. The summed E-state index contributed by atoms with van der Waals surface area (Å²) in [6.07, 6.45) is 17.2. The molecule has 0 radical (unpaired) electrons. The van der Waals surface area contributed by atoms with Crippen LogP contribution in [0.4, 0.5) is 0 Å². The molecule has 0 N–H and O–H groups in total. The van der Waals surface area contributed by atoms with Gasteiger partial charge in [-0.1, -0.05) is 187 Å². The number of furan rings is 1. The van der Waals surface area contributed by atoms with Crippen LogP contribution in [-0.2, 0) is 0 Å². The minimum absolute atomic E-state index is 0.497. The predicted octanol–water partition coefficient (Wildman–Crippen LogP) is 21.4. The van der Waals surface area contributed by atoms with Crippen molar-refractivity contribution in [2.75, 3.05) is 0 Å². The van der Waals surface area contributed by atoms with Crippen LogP contribution in [0.1, 0.15) is 123 Å². The van der Waals surface area contributed by atoms with Gasteiger partial charge in [0.15, 0.2) is 17.5 Å². The Kier molecular flexibility index (Phi) is 13.1. The van der Waals surface area contributed by atoms with Crippen LogP contribution in [0.5, 0.6) is 0 Å². The molecule has 11 aromatic rings. The van der Waals surface area contributed by atoms with Crippen LogP contribution in [-0.4, -0.2) is 19.5 Å². The highest BCUT2D eigenvalue weighted by molar-refractivity contribution is 6.14. The van der Waals surface area contributed by atoms with Crippen LogP contribution in [0.25, 0.3) is 106 Å². The van der Waals surface area contributed by atoms with E-state index < -0.39 is 0 Å². The third-order valence-corrected chi connectivity index (χ3v) is 22.1. The number of hydrogen-bond donors (Lipinski definition) is 0. The first-order valence-corrected chi connectivity index (χ1v) is 31.6. The van der Waals surface area contributed by atoms with E-state index in [0.29, 0.717) is 34.2 Å². The Morgan fingerprint density at radius 2 is 1.08 bits per heavy atom. The highest BCUT2D eigenvalue weighted by Crippen LogP contribution is 2.69. The average molecular weight is 1090 g/mol. The zero-order valence-corrected chi connectivity index (χ0v) is 49.2. The lowest BCUT2D eigenvalue weighted by atomic mass is 9.43. The van der Waals surface area contributed by atoms with Gasteiger partial charge in [0.2, 0.25) is 0 Å². The van der Waals surface area contributed by atoms with Crippen molar-refractivity contribution in [3.05, 3.63) is 194 Å². The molecular formula is C78H78N4O. The molecule has 0 bridgehead atoms. The van der Waals surface area contributed by atoms with Crippen molar-refractivity contribution in [3.63, 3.8) is 0 Å². The molecule has 9 atom stereocenters. The Bertz CT molecular complexity index is 4120. The van der Waals surface area contributed by atoms with E-state index in [1.54, 1.807) is 5.56 Å². The highest BCUT2D eigenvalue weighted by atomic mass is 16.3. The zero-order chi connectivity index (χ0) is 56.0. The number of rotatable bonds is 12. The van der Waals surface area contributed by atoms with Gasteiger partial charge < -0.3 is 8.98 Å². The molecule has 5 nitrogen and oxygen atoms in total. The fraction of sp³-hybridized carbons (Fsp3) is 0.346. The first-order chi connectivity index (χ1) is 40.6. The molecule has 4 aliphatic rings. The molecule has 3 heterocycles. The maximum Gasteiger partial charge on any atom is 0.164 e. The van der Waals surface area contributed by atoms with Gasteiger partial charge in [-0.25, -0.2) is 15.0 Å². The maximum absolute atomic E-state index is 6.61. The van der Waals surface area contributed by atoms with Gasteiger partial charge in [-0.3, -0.25) is 0 Å². The van der Waals surface area contributed by atoms with Crippen molar-refractivity contribution in [1.29, 1.82) is 0 Å². The lowest BCUT2D eigenvalue weighted by Gasteiger charge is -2.61. The van der Waals surface area contributed by atoms with Crippen LogP contribution < -0.4 is 0 Å². The Labute approximate surface area is 490 Å². The minimum atomic E-state index is 0.497. The van der Waals surface area contributed by atoms with Crippen molar-refractivity contribution in [2.45, 2.75) is 118 Å². The molecule has 416 valence electrons. The lowest BCUT2D eigenvalue weighted by molar-refractivity contribution is -0.117. The predicted molar refractivity (Wildman–Crippen MR) is 344 cm³/mol. The van der Waals surface area contributed by atoms with Gasteiger partial charge in [0.05, 0.1) is 11.0 Å². The molecule has 4 saturated carbocycles. The second-order valence-corrected chi connectivity index (χ2v) is 26.9. The van der Waals surface area contributed by atoms with E-state index in [1.807, 2.05) is 48.5 Å². The molecule has 5 heteroatoms. The van der Waals surface area contributed by atoms with Gasteiger partial charge in [0, 0.05) is 43.9 Å². The Morgan fingerprint density at radius 3 is 1.76 bits per heavy atom. The number of para-hydroxylation sites is 1. The van der Waals surface area contributed by atoms with Crippen molar-refractivity contribution in [2.24, 2.45) is 52.3 Å². The normalized spacial score (nSPS) is 24.6. The SMILES string of the molecule is CC(C)CCC[C@H](C)[C@@H]1CC[C@@H]2[C@H]3CC[C@@H]4CC(c5ccc(-c6ccc7c(c6)c6cc(-c8ccc9oc%10cccc(-c%11nc(-c%12ccccc%12)nc(-c%12ccccc%12)n%11)c%10c9c8)ccc6n7-c6ccccc6)cc5)CC[C@@]4(C)[C@@H]3CC[C@]21C. The van der Waals surface area contributed by atoms with Gasteiger partial charge in [-0.2, -0.15) is 0 Å². The maximum atomic E-state index is 6.61. The van der Waals surface area contributed by atoms with Gasteiger partial charge in [-0.05, 0) is 198 Å². The van der Waals surface area contributed by atoms with E-state index in [-0.39, 0.29) is 0 Å². The van der Waals surface area contributed by atoms with Crippen molar-refractivity contribution >= 4 is 43.7 Å². The molecule has 1 unspecified atom stereocenters. The lowest BCUT2D eigenvalue weighted by Crippen LogP contribution is -2.53. The second kappa shape index (κ2) is 20.9. The van der Waals surface area contributed by atoms with Gasteiger partial charge >= 0.3 is 0 Å². The average Bonchev–Trinajstić information content (AvgIpc) is 2.91. The fourth-order valence-corrected chi connectivity index (χ4v) is 17.9. The summed E-state index contributed by atoms with van der Waals surface area (Å²) < 4.78 is 9.04. The summed E-state index contributed by atoms with van der Waals surface area (Å²) >= 11 is 0. The molecule has 4 fully saturated rings. The van der Waals surface area contributed by atoms with Gasteiger partial charge in [0.1, 0.15) is 11.2 Å². The molecule has 83 heavy (non-hydrogen) atoms. The summed E-state index contributed by atoms with van der Waals surface area (Å²) in [7, 11) is 0. The third-order valence-electron chi connectivity index (χ3n) is 22.1. The minimum Gasteiger partial charge on any atom is -0.456 e. The number of benzene rings is 8. The molecule has 3 aromatic heterocycles. The van der Waals surface area contributed by atoms with E-state index in [0.717, 1.165) is 96.9 Å². The number of aromatic nitrogens is 4. The van der Waals surface area contributed by atoms with Crippen LogP contribution >= 0.6 is 0 Å². The van der Waals surface area contributed by atoms with Crippen molar-refractivity contribution in [3.8, 4) is 62.1 Å². The smallest absolute Gasteiger partial charge is 0.164 e. The molecule has 0 amide bonds. The van der Waals surface area contributed by atoms with E-state index in [9.17, 15) is 0 Å². The fourth-order valence-electron chi connectivity index (χ4n) is 17.9. The Morgan fingerprint density at radius 1 is 0.494 bits per heavy atom. The van der Waals surface area contributed by atoms with Crippen molar-refractivity contribution in [1.82, 2.24) is 19.5 Å². The zero-order valence-electron chi connectivity index (χ0n) is 49.2. The highest BCUT2D eigenvalue weighted by Gasteiger charge is 2.60. The topological polar surface area (TPSA) is 56.7 Å². The molecule has 0 spiro atoms. The summed E-state index contributed by atoms with van der Waals surface area (Å²) in [6, 6.07) is 67.9. The Hall–Kier alpha value is -7.63. The van der Waals surface area contributed by atoms with E-state index in [2.05, 4.69) is 179 Å². The Balaban J connectivity index is 0.726. The molecule has 4 aliphatic carbocycles. The van der Waals surface area contributed by atoms with Crippen LogP contribution in [0.3, 0.4) is 0 Å². The first-order valence-electron chi connectivity index (χ1n) is 31.6. The second-order valence-electron chi connectivity index (χ2n) is 26.9. The van der Waals surface area contributed by atoms with Gasteiger partial charge in [-0.15, -0.1) is 0 Å². The standard InChI is InChI=1S/C78H78N4O/c1-49(2)17-15-18-50(3)66-36-37-67-61-35-34-59-45-58(41-43-77(59,4)68(61)42-44-78(66,67)5)52-29-27-51(28-30-52)55-31-38-69-63(46-55)64-47-56(32-39-70(64)82(69)60-23-13-8-14-24-60)57-33-40-71-65(48-57)73-62(25-16-26-72(73)83-71)76-80-74(53-19-9-6-10-20-53)79-75(81-76)54-21-11-7-12-22-54/h6-14,16,19-33,38-40,46-50,58-59,61,66-68H,15,17-18,34-37,41-45H2,1-5H3/t50-,58?,59+,61+,66-,67+,68+,77+,78-/m0/s1. The largest absolute Gasteiger partial charge is 0.456 e. The summed E-state index contributed by atoms with van der Waals surface area (Å²) in [5, 5.41) is 4.49. The van der Waals surface area contributed by atoms with Crippen LogP contribution in [0.15, 0.2) is 192 Å². The molecule has 8 aromatic carbocycles. The summed E-state index contributed by atoms with van der Waals surface area (Å²) in [5.74, 6) is 8.82. The summed E-state index contributed by atoms with van der Waals surface area (Å²) in [5.41, 5.74) is 15.3. The van der Waals surface area contributed by atoms with Crippen LogP contribution in [0, 0.1) is 52.3 Å². The number of fused-ring (bicyclic) bond motifs is 11. The monoisotopic (exact) mass is 1090 g/mol. The van der Waals surface area contributed by atoms with Crippen LogP contribution in [0.2, 0.25) is 0 Å². The molecule has 15 rings (SSSR count). The molecule has 0 saturated heterocycles. The quantitative estimate of drug-likeness (QED) is 0.122. The van der Waals surface area contributed by atoms with Gasteiger partial charge in [0.25, 0.3) is 0 Å². The van der Waals surface area contributed by atoms with E-state index in [4.69, 9.17) is 19.4 Å². The van der Waals surface area contributed by atoms with Crippen molar-refractivity contribution < 1.29 is 4.42 Å².